The molecule has 0 aliphatic heterocycles. The maximum Gasteiger partial charge on any atom is 0.202 e. The average molecular weight is 1140 g/mol. The van der Waals surface area contributed by atoms with Crippen LogP contribution in [-0.4, -0.2) is 62.6 Å². The summed E-state index contributed by atoms with van der Waals surface area (Å²) in [5.74, 6) is -5.63. The van der Waals surface area contributed by atoms with Gasteiger partial charge >= 0.3 is 0 Å². The zero-order valence-corrected chi connectivity index (χ0v) is 47.4. The molecule has 0 spiro atoms. The van der Waals surface area contributed by atoms with Gasteiger partial charge < -0.3 is 64.9 Å². The molecule has 15 heteroatoms. The molecule has 2 aliphatic rings. The van der Waals surface area contributed by atoms with Crippen LogP contribution >= 0.6 is 0 Å². The number of phenols is 4. The van der Waals surface area contributed by atoms with Gasteiger partial charge in [0.25, 0.3) is 0 Å². The van der Waals surface area contributed by atoms with Gasteiger partial charge in [-0.1, -0.05) is 115 Å². The van der Waals surface area contributed by atoms with Crippen LogP contribution in [0.5, 0.6) is 23.0 Å². The number of hydrogen-bond donors (Lipinski definition) is 8. The van der Waals surface area contributed by atoms with Gasteiger partial charge in [-0.25, -0.2) is 0 Å². The number of aliphatic hydroxyl groups is 4. The molecule has 2 atom stereocenters. The molecule has 87 heavy (non-hydrogen) atoms. The van der Waals surface area contributed by atoms with Crippen molar-refractivity contribution in [3.05, 3.63) is 277 Å². The topological polar surface area (TPSA) is 188 Å². The van der Waals surface area contributed by atoms with E-state index < -0.39 is 57.9 Å². The highest BCUT2D eigenvalue weighted by molar-refractivity contribution is 6.37. The first-order valence-corrected chi connectivity index (χ1v) is 28.6. The normalized spacial score (nSPS) is 15.1. The Balaban J connectivity index is 0.878. The Bertz CT molecular complexity index is 4490. The number of benzene rings is 10. The molecular formula is C72H58B2N4O9. The summed E-state index contributed by atoms with van der Waals surface area (Å²) in [6.45, 7) is 0. The molecule has 13 rings (SSSR count). The van der Waals surface area contributed by atoms with Crippen LogP contribution in [0.25, 0.3) is 38.6 Å². The van der Waals surface area contributed by atoms with E-state index in [1.165, 1.54) is 7.85 Å². The fourth-order valence-corrected chi connectivity index (χ4v) is 12.0. The third kappa shape index (κ3) is 10.00. The van der Waals surface area contributed by atoms with E-state index >= 15 is 0 Å². The Hall–Kier alpha value is -11.3. The molecule has 10 aromatic carbocycles. The molecule has 8 N–H and O–H groups in total. The number of nitrogens with zero attached hydrogens (tertiary/aromatic N) is 4. The Morgan fingerprint density at radius 3 is 1.28 bits per heavy atom. The molecule has 0 fully saturated rings. The number of furan rings is 1. The summed E-state index contributed by atoms with van der Waals surface area (Å²) in [6, 6.07) is 74.6. The zero-order chi connectivity index (χ0) is 60.0. The molecule has 0 saturated heterocycles. The quantitative estimate of drug-likeness (QED) is 0.0292. The predicted octanol–water partition coefficient (Wildman–Crippen LogP) is 15.8. The van der Waals surface area contributed by atoms with E-state index in [4.69, 9.17) is 4.42 Å². The van der Waals surface area contributed by atoms with Crippen molar-refractivity contribution in [2.75, 3.05) is 19.6 Å². The van der Waals surface area contributed by atoms with Crippen LogP contribution < -0.4 is 25.1 Å². The Kier molecular flexibility index (Phi) is 14.3. The molecule has 2 aliphatic carbocycles. The van der Waals surface area contributed by atoms with Crippen molar-refractivity contribution in [3.8, 4) is 34.1 Å². The first kappa shape index (κ1) is 54.9. The second-order valence-electron chi connectivity index (χ2n) is 21.7. The second-order valence-corrected chi connectivity index (χ2v) is 21.7. The lowest BCUT2D eigenvalue weighted by atomic mass is 9.74. The highest BCUT2D eigenvalue weighted by Gasteiger charge is 2.41. The zero-order valence-electron chi connectivity index (χ0n) is 47.4. The predicted molar refractivity (Wildman–Crippen MR) is 353 cm³/mol. The van der Waals surface area contributed by atoms with Gasteiger partial charge in [0.2, 0.25) is 11.5 Å². The number of rotatable bonds is 14. The van der Waals surface area contributed by atoms with Crippen LogP contribution in [0.1, 0.15) is 18.4 Å². The molecule has 426 valence electrons. The number of phenolic OH excluding ortho intramolecular Hbond substituents is 4. The van der Waals surface area contributed by atoms with E-state index in [0.29, 0.717) is 41.1 Å². The Morgan fingerprint density at radius 1 is 0.368 bits per heavy atom. The number of para-hydroxylation sites is 2. The summed E-state index contributed by atoms with van der Waals surface area (Å²) in [6.07, 6.45) is 5.39. The van der Waals surface area contributed by atoms with Crippen molar-refractivity contribution in [1.82, 2.24) is 0 Å². The van der Waals surface area contributed by atoms with E-state index in [0.717, 1.165) is 72.9 Å². The smallest absolute Gasteiger partial charge is 0.202 e. The van der Waals surface area contributed by atoms with Crippen LogP contribution in [0.15, 0.2) is 276 Å². The molecule has 0 saturated carbocycles. The van der Waals surface area contributed by atoms with Gasteiger partial charge in [-0.3, -0.25) is 0 Å². The monoisotopic (exact) mass is 1140 g/mol. The van der Waals surface area contributed by atoms with E-state index in [2.05, 4.69) is 40.1 Å². The molecule has 1 heterocycles. The lowest BCUT2D eigenvalue weighted by Crippen LogP contribution is -2.43. The van der Waals surface area contributed by atoms with Crippen LogP contribution in [0.2, 0.25) is 5.82 Å². The van der Waals surface area contributed by atoms with Gasteiger partial charge in [0.1, 0.15) is 44.1 Å². The number of anilines is 10. The van der Waals surface area contributed by atoms with Crippen molar-refractivity contribution in [3.63, 3.8) is 0 Å². The molecule has 0 bridgehead atoms. The number of aromatic hydroxyl groups is 4. The van der Waals surface area contributed by atoms with Crippen molar-refractivity contribution in [1.29, 1.82) is 0 Å². The summed E-state index contributed by atoms with van der Waals surface area (Å²) in [5, 5.41) is 90.7. The summed E-state index contributed by atoms with van der Waals surface area (Å²) in [4.78, 5) is 7.86. The molecule has 13 nitrogen and oxygen atoms in total. The first-order valence-electron chi connectivity index (χ1n) is 28.6. The molecule has 2 unspecified atom stereocenters. The van der Waals surface area contributed by atoms with Gasteiger partial charge in [0, 0.05) is 73.5 Å². The third-order valence-electron chi connectivity index (χ3n) is 16.6. The summed E-state index contributed by atoms with van der Waals surface area (Å²) < 4.78 is 6.56. The summed E-state index contributed by atoms with van der Waals surface area (Å²) >= 11 is 0. The lowest BCUT2D eigenvalue weighted by Gasteiger charge is -2.41. The molecular weight excluding hydrogens is 1090 g/mol. The Labute approximate surface area is 503 Å². The fraction of sp³-hybridized carbons (Fsp3) is 0.0556. The van der Waals surface area contributed by atoms with Crippen molar-refractivity contribution in [2.45, 2.75) is 24.7 Å². The van der Waals surface area contributed by atoms with Crippen molar-refractivity contribution < 1.29 is 45.3 Å². The minimum Gasteiger partial charge on any atom is -0.509 e. The van der Waals surface area contributed by atoms with Gasteiger partial charge in [-0.2, -0.15) is 0 Å². The van der Waals surface area contributed by atoms with E-state index in [-0.39, 0.29) is 11.2 Å². The molecule has 1 aromatic heterocycles. The average Bonchev–Trinajstić information content (AvgIpc) is 1.79. The number of hydrogen-bond acceptors (Lipinski definition) is 13. The Morgan fingerprint density at radius 2 is 0.782 bits per heavy atom. The van der Waals surface area contributed by atoms with Gasteiger partial charge in [0.15, 0.2) is 23.0 Å². The molecule has 0 radical (unpaired) electrons. The van der Waals surface area contributed by atoms with Crippen LogP contribution in [-0.2, 0) is 0 Å². The third-order valence-corrected chi connectivity index (χ3v) is 16.6. The highest BCUT2D eigenvalue weighted by Crippen LogP contribution is 2.52. The van der Waals surface area contributed by atoms with Crippen molar-refractivity contribution in [2.24, 2.45) is 0 Å². The van der Waals surface area contributed by atoms with Crippen molar-refractivity contribution >= 4 is 106 Å². The molecule has 0 amide bonds. The fourth-order valence-electron chi connectivity index (χ4n) is 12.0. The van der Waals surface area contributed by atoms with E-state index in [9.17, 15) is 40.9 Å². The lowest BCUT2D eigenvalue weighted by molar-refractivity contribution is 0.217. The van der Waals surface area contributed by atoms with Gasteiger partial charge in [-0.15, -0.1) is 0 Å². The van der Waals surface area contributed by atoms with Crippen LogP contribution in [0.3, 0.4) is 0 Å². The number of aliphatic hydroxyl groups excluding tert-OH is 4. The maximum absolute atomic E-state index is 11.6. The minimum atomic E-state index is -0.948. The summed E-state index contributed by atoms with van der Waals surface area (Å²) in [7, 11) is 3.17. The number of allylic oxidation sites excluding steroid dienone is 4. The standard InChI is InChI=1S/C72H58B2N4O9/c73-61-63(68(82)72(86)71(85)66(61)80)77(51-25-21-45(22-26-51)43-13-5-1-6-14-43)53-33-29-49(30-34-53)75(47-17-9-3-10-18-47)55-37-39-59-57(41-55)58-42-56(38-40-60(58)87-59)76(48-19-11-4-12-20-48)50-31-35-54(36-32-50)78(64-65(79)62(74)67(81)70(84)69(64)83)52-27-23-46(24-28-52)44-15-7-2-8-16-44/h1-21,23-25,27-42,61,63,79-86H,22,26,73-74H2. The van der Waals surface area contributed by atoms with Gasteiger partial charge in [-0.05, 0) is 168 Å². The van der Waals surface area contributed by atoms with E-state index in [1.54, 1.807) is 12.7 Å². The van der Waals surface area contributed by atoms with Gasteiger partial charge in [0.05, 0.1) is 6.04 Å². The van der Waals surface area contributed by atoms with E-state index in [1.807, 2.05) is 217 Å². The highest BCUT2D eigenvalue weighted by atomic mass is 16.4. The molecule has 11 aromatic rings. The largest absolute Gasteiger partial charge is 0.509 e. The maximum atomic E-state index is 11.6. The first-order chi connectivity index (χ1) is 42.3. The van der Waals surface area contributed by atoms with Crippen LogP contribution in [0, 0.1) is 0 Å². The SMILES string of the molecule is Bc1c(O)c(O)c(O)c(N(c2ccc(-c3ccccc3)cc2)c2ccc(N(c3ccccc3)c3ccc4oc5ccc(N(c6ccccc6)c6ccc(N(C7=CC=C(c8ccccc8)CC7)C7C(O)=C(O)C(O)=C(O)C7B)cc6)cc5c4c3)cc2)c1O. The summed E-state index contributed by atoms with van der Waals surface area (Å²) in [5.41, 5.74) is 13.2. The minimum absolute atomic E-state index is 0.00178. The van der Waals surface area contributed by atoms with Crippen LogP contribution in [0.4, 0.5) is 56.9 Å². The number of fused-ring (bicyclic) bond motifs is 3. The second kappa shape index (κ2) is 22.7.